The largest absolute Gasteiger partial charge is 0.351 e. The normalized spacial score (nSPS) is 24.0. The van der Waals surface area contributed by atoms with Crippen LogP contribution in [-0.4, -0.2) is 58.5 Å². The van der Waals surface area contributed by atoms with Crippen LogP contribution in [0.2, 0.25) is 0 Å². The first kappa shape index (κ1) is 17.4. The van der Waals surface area contributed by atoms with Gasteiger partial charge in [-0.25, -0.2) is 14.5 Å². The molecule has 0 bridgehead atoms. The Morgan fingerprint density at radius 1 is 1.27 bits per heavy atom. The topological polar surface area (TPSA) is 104 Å². The fraction of sp³-hybridized carbons (Fsp3) is 0.381. The third kappa shape index (κ3) is 2.65. The molecule has 1 aliphatic heterocycles. The van der Waals surface area contributed by atoms with Gasteiger partial charge in [0.05, 0.1) is 11.9 Å². The molecule has 1 aliphatic carbocycles. The van der Waals surface area contributed by atoms with Crippen molar-refractivity contribution in [2.24, 2.45) is 0 Å². The quantitative estimate of drug-likeness (QED) is 0.544. The number of aromatic amines is 1. The number of rotatable bonds is 4. The lowest BCUT2D eigenvalue weighted by Crippen LogP contribution is -2.59. The van der Waals surface area contributed by atoms with E-state index in [1.165, 1.54) is 0 Å². The number of carbonyl (C=O) groups is 1. The van der Waals surface area contributed by atoms with Crippen molar-refractivity contribution in [2.75, 3.05) is 11.9 Å². The van der Waals surface area contributed by atoms with Gasteiger partial charge in [-0.3, -0.25) is 4.79 Å². The van der Waals surface area contributed by atoms with E-state index in [2.05, 4.69) is 42.2 Å². The van der Waals surface area contributed by atoms with Crippen LogP contribution in [0.4, 0.5) is 5.95 Å². The van der Waals surface area contributed by atoms with E-state index in [0.717, 1.165) is 53.7 Å². The van der Waals surface area contributed by atoms with E-state index in [-0.39, 0.29) is 17.5 Å². The second kappa shape index (κ2) is 6.25. The number of hydrogen-bond acceptors (Lipinski definition) is 6. The van der Waals surface area contributed by atoms with Crippen LogP contribution in [0.3, 0.4) is 0 Å². The molecule has 4 aromatic rings. The third-order valence-electron chi connectivity index (χ3n) is 6.40. The Labute approximate surface area is 172 Å². The van der Waals surface area contributed by atoms with Crippen molar-refractivity contribution >= 4 is 28.5 Å². The molecule has 30 heavy (non-hydrogen) atoms. The van der Waals surface area contributed by atoms with Gasteiger partial charge in [0.2, 0.25) is 11.9 Å². The molecule has 1 saturated carbocycles. The number of H-pyrrole nitrogens is 1. The molecule has 6 rings (SSSR count). The summed E-state index contributed by atoms with van der Waals surface area (Å²) in [6, 6.07) is 4.09. The van der Waals surface area contributed by atoms with Crippen LogP contribution in [0.5, 0.6) is 0 Å². The van der Waals surface area contributed by atoms with Crippen LogP contribution in [0.1, 0.15) is 32.6 Å². The fourth-order valence-electron chi connectivity index (χ4n) is 4.88. The van der Waals surface area contributed by atoms with E-state index in [0.29, 0.717) is 12.4 Å². The first-order chi connectivity index (χ1) is 14.6. The molecule has 0 unspecified atom stereocenters. The molecule has 5 heterocycles. The number of carbonyl (C=O) groups excluding carboxylic acids is 1. The number of nitrogens with zero attached hydrogens (tertiary/aromatic N) is 6. The summed E-state index contributed by atoms with van der Waals surface area (Å²) in [7, 11) is 0. The van der Waals surface area contributed by atoms with Gasteiger partial charge in [-0.2, -0.15) is 10.1 Å². The minimum atomic E-state index is -0.0348. The Morgan fingerprint density at radius 3 is 3.00 bits per heavy atom. The zero-order valence-corrected chi connectivity index (χ0v) is 16.7. The molecule has 2 N–H and O–H groups in total. The van der Waals surface area contributed by atoms with E-state index in [1.54, 1.807) is 10.7 Å². The van der Waals surface area contributed by atoms with Crippen LogP contribution in [-0.2, 0) is 4.79 Å². The van der Waals surface area contributed by atoms with Gasteiger partial charge in [0.25, 0.3) is 0 Å². The van der Waals surface area contributed by atoms with Crippen LogP contribution in [0.15, 0.2) is 36.9 Å². The van der Waals surface area contributed by atoms with Crippen molar-refractivity contribution in [3.8, 4) is 11.3 Å². The van der Waals surface area contributed by atoms with Gasteiger partial charge in [0.15, 0.2) is 5.65 Å². The number of nitrogens with one attached hydrogen (secondary N) is 2. The minimum absolute atomic E-state index is 0.0348. The summed E-state index contributed by atoms with van der Waals surface area (Å²) in [5, 5.41) is 8.54. The number of anilines is 1. The highest BCUT2D eigenvalue weighted by molar-refractivity contribution is 5.92. The molecule has 0 aromatic carbocycles. The fourth-order valence-corrected chi connectivity index (χ4v) is 4.88. The summed E-state index contributed by atoms with van der Waals surface area (Å²) in [5.41, 5.74) is 3.35. The number of likely N-dealkylation sites (tertiary alicyclic amines) is 1. The first-order valence-corrected chi connectivity index (χ1v) is 10.3. The number of hydrogen-bond donors (Lipinski definition) is 2. The minimum Gasteiger partial charge on any atom is -0.351 e. The van der Waals surface area contributed by atoms with E-state index < -0.39 is 0 Å². The molecule has 4 aromatic heterocycles. The molecule has 1 amide bonds. The molecular weight excluding hydrogens is 380 g/mol. The van der Waals surface area contributed by atoms with Gasteiger partial charge < -0.3 is 15.2 Å². The highest BCUT2D eigenvalue weighted by Gasteiger charge is 2.48. The van der Waals surface area contributed by atoms with E-state index in [1.807, 2.05) is 30.7 Å². The molecule has 0 radical (unpaired) electrons. The SMILES string of the molecule is C[C@]1(N2CCCC2=O)C[C@@H](Nc2ncc3c(-c4ccn5nccc5n4)c[nH]c3n2)C1. The lowest BCUT2D eigenvalue weighted by Gasteiger charge is -2.51. The predicted molar refractivity (Wildman–Crippen MR) is 112 cm³/mol. The standard InChI is InChI=1S/C21H22N8O/c1-21(28-7-2-3-18(28)30)9-13(10-21)25-20-23-12-15-14(11-22-19(15)27-20)16-5-8-29-17(26-16)4-6-24-29/h4-6,8,11-13H,2-3,7,9-10H2,1H3,(H2,22,23,25,27)/t13-,21+. The zero-order valence-electron chi connectivity index (χ0n) is 16.7. The summed E-state index contributed by atoms with van der Waals surface area (Å²) in [5.74, 6) is 0.894. The third-order valence-corrected chi connectivity index (χ3v) is 6.40. The molecule has 2 aliphatic rings. The highest BCUT2D eigenvalue weighted by Crippen LogP contribution is 2.41. The van der Waals surface area contributed by atoms with Gasteiger partial charge in [0, 0.05) is 60.2 Å². The van der Waals surface area contributed by atoms with E-state index in [4.69, 9.17) is 0 Å². The average molecular weight is 402 g/mol. The Kier molecular flexibility index (Phi) is 3.62. The molecular formula is C21H22N8O. The van der Waals surface area contributed by atoms with Crippen molar-refractivity contribution in [1.82, 2.24) is 34.4 Å². The number of aromatic nitrogens is 6. The second-order valence-corrected chi connectivity index (χ2v) is 8.50. The summed E-state index contributed by atoms with van der Waals surface area (Å²) in [4.78, 5) is 31.2. The molecule has 9 nitrogen and oxygen atoms in total. The van der Waals surface area contributed by atoms with E-state index >= 15 is 0 Å². The van der Waals surface area contributed by atoms with Gasteiger partial charge in [0.1, 0.15) is 5.65 Å². The van der Waals surface area contributed by atoms with Crippen LogP contribution >= 0.6 is 0 Å². The van der Waals surface area contributed by atoms with Crippen LogP contribution < -0.4 is 5.32 Å². The molecule has 0 spiro atoms. The monoisotopic (exact) mass is 402 g/mol. The summed E-state index contributed by atoms with van der Waals surface area (Å²) in [6.07, 6.45) is 10.9. The predicted octanol–water partition coefficient (Wildman–Crippen LogP) is 2.62. The molecule has 2 fully saturated rings. The number of amides is 1. The van der Waals surface area contributed by atoms with Crippen molar-refractivity contribution in [3.05, 3.63) is 36.9 Å². The summed E-state index contributed by atoms with van der Waals surface area (Å²) < 4.78 is 1.74. The zero-order chi connectivity index (χ0) is 20.3. The Hall–Kier alpha value is -3.49. The van der Waals surface area contributed by atoms with Crippen molar-refractivity contribution in [1.29, 1.82) is 0 Å². The van der Waals surface area contributed by atoms with Gasteiger partial charge in [-0.05, 0) is 32.3 Å². The van der Waals surface area contributed by atoms with E-state index in [9.17, 15) is 4.79 Å². The van der Waals surface area contributed by atoms with Gasteiger partial charge in [-0.15, -0.1) is 0 Å². The molecule has 0 atom stereocenters. The maximum Gasteiger partial charge on any atom is 0.224 e. The first-order valence-electron chi connectivity index (χ1n) is 10.3. The summed E-state index contributed by atoms with van der Waals surface area (Å²) in [6.45, 7) is 3.06. The number of fused-ring (bicyclic) bond motifs is 2. The van der Waals surface area contributed by atoms with Gasteiger partial charge in [-0.1, -0.05) is 0 Å². The van der Waals surface area contributed by atoms with Gasteiger partial charge >= 0.3 is 0 Å². The molecule has 9 heteroatoms. The molecule has 152 valence electrons. The van der Waals surface area contributed by atoms with Crippen molar-refractivity contribution in [3.63, 3.8) is 0 Å². The smallest absolute Gasteiger partial charge is 0.224 e. The second-order valence-electron chi connectivity index (χ2n) is 8.50. The maximum absolute atomic E-state index is 12.1. The Morgan fingerprint density at radius 2 is 2.17 bits per heavy atom. The van der Waals surface area contributed by atoms with Crippen molar-refractivity contribution in [2.45, 2.75) is 44.2 Å². The molecule has 1 saturated heterocycles. The Balaban J connectivity index is 1.20. The lowest BCUT2D eigenvalue weighted by molar-refractivity contribution is -0.136. The maximum atomic E-state index is 12.1. The Bertz CT molecular complexity index is 1270. The lowest BCUT2D eigenvalue weighted by atomic mass is 9.73. The summed E-state index contributed by atoms with van der Waals surface area (Å²) >= 11 is 0. The highest BCUT2D eigenvalue weighted by atomic mass is 16.2. The average Bonchev–Trinajstić information content (AvgIpc) is 3.44. The van der Waals surface area contributed by atoms with Crippen molar-refractivity contribution < 1.29 is 4.79 Å². The van der Waals surface area contributed by atoms with Crippen LogP contribution in [0.25, 0.3) is 27.9 Å². The van der Waals surface area contributed by atoms with Crippen LogP contribution in [0, 0.1) is 0 Å².